The van der Waals surface area contributed by atoms with E-state index in [0.717, 1.165) is 11.3 Å². The second kappa shape index (κ2) is 7.86. The molecule has 0 heterocycles. The molecule has 3 heteroatoms. The summed E-state index contributed by atoms with van der Waals surface area (Å²) in [6, 6.07) is 9.85. The molecule has 92 valence electrons. The molecule has 0 aliphatic carbocycles. The normalized spacial score (nSPS) is 11.9. The molecule has 0 aromatic heterocycles. The van der Waals surface area contributed by atoms with Crippen LogP contribution in [0.15, 0.2) is 53.1 Å². The Morgan fingerprint density at radius 1 is 1.33 bits per heavy atom. The molecule has 0 radical (unpaired) electrons. The molecule has 18 heavy (non-hydrogen) atoms. The zero-order chi connectivity index (χ0) is 13.2. The lowest BCUT2D eigenvalue weighted by atomic mass is 10.2. The highest BCUT2D eigenvalue weighted by molar-refractivity contribution is 5.71. The Kier molecular flexibility index (Phi) is 5.99. The maximum atomic E-state index is 8.53. The van der Waals surface area contributed by atoms with Crippen LogP contribution in [-0.2, 0) is 6.54 Å². The molecule has 3 nitrogen and oxygen atoms in total. The third-order valence-corrected chi connectivity index (χ3v) is 2.26. The van der Waals surface area contributed by atoms with Crippen molar-refractivity contribution in [3.63, 3.8) is 0 Å². The molecule has 0 aliphatic heterocycles. The van der Waals surface area contributed by atoms with Crippen LogP contribution in [0, 0.1) is 11.3 Å². The molecule has 0 spiro atoms. The van der Waals surface area contributed by atoms with Crippen LogP contribution in [-0.4, -0.2) is 13.3 Å². The third kappa shape index (κ3) is 5.13. The summed E-state index contributed by atoms with van der Waals surface area (Å²) >= 11 is 0. The fourth-order valence-electron chi connectivity index (χ4n) is 1.24. The minimum absolute atomic E-state index is 0.634. The number of rotatable bonds is 5. The summed E-state index contributed by atoms with van der Waals surface area (Å²) in [7, 11) is 1.65. The van der Waals surface area contributed by atoms with Crippen LogP contribution < -0.4 is 4.74 Å². The van der Waals surface area contributed by atoms with Crippen molar-refractivity contribution >= 4 is 6.21 Å². The maximum Gasteiger partial charge on any atom is 0.118 e. The summed E-state index contributed by atoms with van der Waals surface area (Å²) < 4.78 is 5.08. The van der Waals surface area contributed by atoms with E-state index in [1.54, 1.807) is 32.4 Å². The lowest BCUT2D eigenvalue weighted by molar-refractivity contribution is 0.414. The molecule has 0 amide bonds. The highest BCUT2D eigenvalue weighted by Gasteiger charge is 1.91. The van der Waals surface area contributed by atoms with Crippen molar-refractivity contribution in [2.45, 2.75) is 13.5 Å². The Hall–Kier alpha value is -2.34. The van der Waals surface area contributed by atoms with Crippen molar-refractivity contribution in [1.29, 1.82) is 5.26 Å². The second-order valence-electron chi connectivity index (χ2n) is 3.68. The molecule has 0 N–H and O–H groups in total. The maximum absolute atomic E-state index is 8.53. The first-order valence-electron chi connectivity index (χ1n) is 5.62. The van der Waals surface area contributed by atoms with E-state index in [4.69, 9.17) is 10.00 Å². The van der Waals surface area contributed by atoms with Crippen LogP contribution in [0.4, 0.5) is 0 Å². The Morgan fingerprint density at radius 2 is 2.06 bits per heavy atom. The van der Waals surface area contributed by atoms with Crippen LogP contribution >= 0.6 is 0 Å². The predicted molar refractivity (Wildman–Crippen MR) is 73.7 cm³/mol. The molecule has 1 aromatic carbocycles. The van der Waals surface area contributed by atoms with E-state index in [0.29, 0.717) is 12.1 Å². The molecule has 0 aliphatic rings. The number of nitrogens with zero attached hydrogens (tertiary/aromatic N) is 2. The summed E-state index contributed by atoms with van der Waals surface area (Å²) in [5, 5.41) is 8.53. The van der Waals surface area contributed by atoms with Crippen molar-refractivity contribution in [1.82, 2.24) is 0 Å². The van der Waals surface area contributed by atoms with Gasteiger partial charge in [-0.1, -0.05) is 18.2 Å². The minimum Gasteiger partial charge on any atom is -0.497 e. The Bertz CT molecular complexity index is 490. The molecule has 0 unspecified atom stereocenters. The van der Waals surface area contributed by atoms with Gasteiger partial charge in [-0.3, -0.25) is 4.99 Å². The molecule has 0 saturated heterocycles. The summed E-state index contributed by atoms with van der Waals surface area (Å²) in [6.45, 7) is 2.40. The summed E-state index contributed by atoms with van der Waals surface area (Å²) in [6.07, 6.45) is 7.09. The number of hydrogen-bond donors (Lipinski definition) is 0. The Balaban J connectivity index is 2.43. The van der Waals surface area contributed by atoms with E-state index in [1.807, 2.05) is 36.4 Å². The average molecular weight is 240 g/mol. The molecular formula is C15H16N2O. The summed E-state index contributed by atoms with van der Waals surface area (Å²) in [5.74, 6) is 0.847. The number of ether oxygens (including phenoxy) is 1. The molecule has 0 saturated carbocycles. The van der Waals surface area contributed by atoms with Gasteiger partial charge in [0.1, 0.15) is 5.75 Å². The zero-order valence-corrected chi connectivity index (χ0v) is 10.6. The zero-order valence-electron chi connectivity index (χ0n) is 10.6. The van der Waals surface area contributed by atoms with Gasteiger partial charge in [-0.05, 0) is 36.8 Å². The SMILES string of the molecule is COc1ccc(C/N=C/C=C\C=C(/C)C#N)cc1. The van der Waals surface area contributed by atoms with E-state index in [-0.39, 0.29) is 0 Å². The van der Waals surface area contributed by atoms with Crippen LogP contribution in [0.3, 0.4) is 0 Å². The van der Waals surface area contributed by atoms with Gasteiger partial charge < -0.3 is 4.74 Å². The predicted octanol–water partition coefficient (Wildman–Crippen LogP) is 3.29. The molecule has 0 fully saturated rings. The van der Waals surface area contributed by atoms with E-state index in [1.165, 1.54) is 0 Å². The van der Waals surface area contributed by atoms with Crippen molar-refractivity contribution in [3.8, 4) is 11.8 Å². The fraction of sp³-hybridized carbons (Fsp3) is 0.200. The first-order valence-corrected chi connectivity index (χ1v) is 5.62. The van der Waals surface area contributed by atoms with Gasteiger partial charge in [-0.2, -0.15) is 5.26 Å². The highest BCUT2D eigenvalue weighted by atomic mass is 16.5. The number of nitriles is 1. The van der Waals surface area contributed by atoms with Crippen molar-refractivity contribution in [2.24, 2.45) is 4.99 Å². The second-order valence-corrected chi connectivity index (χ2v) is 3.68. The highest BCUT2D eigenvalue weighted by Crippen LogP contribution is 2.11. The van der Waals surface area contributed by atoms with Crippen LogP contribution in [0.1, 0.15) is 12.5 Å². The van der Waals surface area contributed by atoms with Gasteiger partial charge in [0.2, 0.25) is 0 Å². The Morgan fingerprint density at radius 3 is 2.67 bits per heavy atom. The number of benzene rings is 1. The number of allylic oxidation sites excluding steroid dienone is 4. The third-order valence-electron chi connectivity index (χ3n) is 2.26. The summed E-state index contributed by atoms with van der Waals surface area (Å²) in [4.78, 5) is 4.25. The van der Waals surface area contributed by atoms with Gasteiger partial charge in [0.05, 0.1) is 19.7 Å². The van der Waals surface area contributed by atoms with Gasteiger partial charge in [-0.15, -0.1) is 0 Å². The van der Waals surface area contributed by atoms with Crippen molar-refractivity contribution < 1.29 is 4.74 Å². The van der Waals surface area contributed by atoms with Crippen LogP contribution in [0.2, 0.25) is 0 Å². The molecule has 1 aromatic rings. The van der Waals surface area contributed by atoms with Crippen molar-refractivity contribution in [3.05, 3.63) is 53.6 Å². The van der Waals surface area contributed by atoms with Gasteiger partial charge in [0, 0.05) is 11.8 Å². The first-order chi connectivity index (χ1) is 8.76. The van der Waals surface area contributed by atoms with Gasteiger partial charge in [0.15, 0.2) is 0 Å². The lowest BCUT2D eigenvalue weighted by Gasteiger charge is -1.99. The molecule has 0 atom stereocenters. The van der Waals surface area contributed by atoms with E-state index in [9.17, 15) is 0 Å². The first kappa shape index (κ1) is 13.7. The molecule has 1 rings (SSSR count). The van der Waals surface area contributed by atoms with Crippen LogP contribution in [0.25, 0.3) is 0 Å². The fourth-order valence-corrected chi connectivity index (χ4v) is 1.24. The lowest BCUT2D eigenvalue weighted by Crippen LogP contribution is -1.84. The smallest absolute Gasteiger partial charge is 0.118 e. The monoisotopic (exact) mass is 240 g/mol. The van der Waals surface area contributed by atoms with Crippen LogP contribution in [0.5, 0.6) is 5.75 Å². The summed E-state index contributed by atoms with van der Waals surface area (Å²) in [5.41, 5.74) is 1.80. The van der Waals surface area contributed by atoms with E-state index in [2.05, 4.69) is 4.99 Å². The quantitative estimate of drug-likeness (QED) is 0.450. The number of hydrogen-bond acceptors (Lipinski definition) is 3. The van der Waals surface area contributed by atoms with Gasteiger partial charge in [-0.25, -0.2) is 0 Å². The molecular weight excluding hydrogens is 224 g/mol. The number of methoxy groups -OCH3 is 1. The Labute approximate surface area is 108 Å². The topological polar surface area (TPSA) is 45.4 Å². The van der Waals surface area contributed by atoms with Crippen molar-refractivity contribution in [2.75, 3.05) is 7.11 Å². The minimum atomic E-state index is 0.634. The van der Waals surface area contributed by atoms with Gasteiger partial charge in [0.25, 0.3) is 0 Å². The number of aliphatic imine (C=N–C) groups is 1. The standard InChI is InChI=1S/C15H16N2O/c1-13(11-16)5-3-4-10-17-12-14-6-8-15(18-2)9-7-14/h3-10H,12H2,1-2H3/b4-3-,13-5+,17-10+. The average Bonchev–Trinajstić information content (AvgIpc) is 2.43. The van der Waals surface area contributed by atoms with Gasteiger partial charge >= 0.3 is 0 Å². The largest absolute Gasteiger partial charge is 0.497 e. The molecule has 0 bridgehead atoms. The van der Waals surface area contributed by atoms with E-state index >= 15 is 0 Å². The van der Waals surface area contributed by atoms with E-state index < -0.39 is 0 Å².